The number of rotatable bonds is 4. The Morgan fingerprint density at radius 1 is 1.43 bits per heavy atom. The van der Waals surface area contributed by atoms with E-state index in [-0.39, 0.29) is 18.6 Å². The highest BCUT2D eigenvalue weighted by Gasteiger charge is 2.07. The first-order valence-electron chi connectivity index (χ1n) is 4.71. The Labute approximate surface area is 83.8 Å². The highest BCUT2D eigenvalue weighted by molar-refractivity contribution is 5.94. The third-order valence-electron chi connectivity index (χ3n) is 1.98. The van der Waals surface area contributed by atoms with Crippen LogP contribution in [0, 0.1) is 0 Å². The Kier molecular flexibility index (Phi) is 4.13. The van der Waals surface area contributed by atoms with Gasteiger partial charge in [0.25, 0.3) is 5.91 Å². The molecule has 1 aromatic rings. The molecule has 1 rings (SSSR count). The highest BCUT2D eigenvalue weighted by atomic mass is 16.3. The topological polar surface area (TPSA) is 49.3 Å². The normalized spacial score (nSPS) is 12.1. The summed E-state index contributed by atoms with van der Waals surface area (Å²) in [6.45, 7) is 1.97. The Morgan fingerprint density at radius 3 is 2.64 bits per heavy atom. The van der Waals surface area contributed by atoms with E-state index < -0.39 is 0 Å². The summed E-state index contributed by atoms with van der Waals surface area (Å²) in [4.78, 5) is 11.5. The molecule has 0 radical (unpaired) electrons. The molecular formula is C11H15NO2. The first kappa shape index (κ1) is 10.7. The van der Waals surface area contributed by atoms with Crippen LogP contribution in [0.5, 0.6) is 0 Å². The first-order chi connectivity index (χ1) is 6.74. The second kappa shape index (κ2) is 5.40. The van der Waals surface area contributed by atoms with Crippen LogP contribution in [0.4, 0.5) is 0 Å². The number of aliphatic hydroxyl groups excluding tert-OH is 1. The minimum atomic E-state index is -0.0912. The number of hydrogen-bond donors (Lipinski definition) is 2. The maximum atomic E-state index is 11.5. The lowest BCUT2D eigenvalue weighted by molar-refractivity contribution is 0.0934. The molecule has 3 heteroatoms. The van der Waals surface area contributed by atoms with Gasteiger partial charge in [-0.3, -0.25) is 4.79 Å². The highest BCUT2D eigenvalue weighted by Crippen LogP contribution is 1.99. The van der Waals surface area contributed by atoms with E-state index in [2.05, 4.69) is 5.32 Å². The zero-order valence-electron chi connectivity index (χ0n) is 8.23. The van der Waals surface area contributed by atoms with Crippen molar-refractivity contribution in [2.45, 2.75) is 19.4 Å². The second-order valence-electron chi connectivity index (χ2n) is 3.25. The summed E-state index contributed by atoms with van der Waals surface area (Å²) >= 11 is 0. The number of aliphatic hydroxyl groups is 1. The van der Waals surface area contributed by atoms with Crippen LogP contribution >= 0.6 is 0 Å². The summed E-state index contributed by atoms with van der Waals surface area (Å²) in [6.07, 6.45) is 0.582. The van der Waals surface area contributed by atoms with Crippen LogP contribution in [0.15, 0.2) is 30.3 Å². The summed E-state index contributed by atoms with van der Waals surface area (Å²) in [6, 6.07) is 9.06. The molecule has 0 bridgehead atoms. The Bertz CT molecular complexity index is 285. The molecule has 0 fully saturated rings. The first-order valence-corrected chi connectivity index (χ1v) is 4.71. The summed E-state index contributed by atoms with van der Waals surface area (Å²) in [7, 11) is 0. The van der Waals surface area contributed by atoms with Crippen LogP contribution in [0.2, 0.25) is 0 Å². The molecule has 3 nitrogen and oxygen atoms in total. The summed E-state index contributed by atoms with van der Waals surface area (Å²) in [5.74, 6) is -0.0912. The van der Waals surface area contributed by atoms with Gasteiger partial charge < -0.3 is 10.4 Å². The molecule has 2 N–H and O–H groups in total. The Balaban J connectivity index is 2.51. The van der Waals surface area contributed by atoms with E-state index in [0.29, 0.717) is 12.0 Å². The van der Waals surface area contributed by atoms with Gasteiger partial charge in [-0.05, 0) is 25.5 Å². The molecule has 1 aromatic carbocycles. The summed E-state index contributed by atoms with van der Waals surface area (Å²) in [5, 5.41) is 11.5. The van der Waals surface area contributed by atoms with Crippen molar-refractivity contribution in [3.63, 3.8) is 0 Å². The number of carbonyl (C=O) groups excluding carboxylic acids is 1. The van der Waals surface area contributed by atoms with Crippen molar-refractivity contribution in [3.05, 3.63) is 35.9 Å². The van der Waals surface area contributed by atoms with Crippen molar-refractivity contribution in [2.24, 2.45) is 0 Å². The smallest absolute Gasteiger partial charge is 0.251 e. The van der Waals surface area contributed by atoms with E-state index >= 15 is 0 Å². The van der Waals surface area contributed by atoms with Gasteiger partial charge in [-0.2, -0.15) is 0 Å². The number of hydrogen-bond acceptors (Lipinski definition) is 2. The van der Waals surface area contributed by atoms with E-state index in [1.807, 2.05) is 25.1 Å². The van der Waals surface area contributed by atoms with Crippen LogP contribution in [0.3, 0.4) is 0 Å². The maximum Gasteiger partial charge on any atom is 0.251 e. The predicted molar refractivity (Wildman–Crippen MR) is 55.1 cm³/mol. The van der Waals surface area contributed by atoms with Gasteiger partial charge in [-0.15, -0.1) is 0 Å². The van der Waals surface area contributed by atoms with E-state index in [4.69, 9.17) is 5.11 Å². The van der Waals surface area contributed by atoms with Gasteiger partial charge >= 0.3 is 0 Å². The SMILES string of the molecule is C[C@H](CCO)NC(=O)c1ccccc1. The number of amides is 1. The molecule has 0 heterocycles. The third-order valence-corrected chi connectivity index (χ3v) is 1.98. The van der Waals surface area contributed by atoms with E-state index in [1.165, 1.54) is 0 Å². The van der Waals surface area contributed by atoms with Crippen LogP contribution in [-0.4, -0.2) is 23.7 Å². The molecule has 0 spiro atoms. The zero-order valence-corrected chi connectivity index (χ0v) is 8.23. The predicted octanol–water partition coefficient (Wildman–Crippen LogP) is 1.19. The van der Waals surface area contributed by atoms with Gasteiger partial charge in [0.05, 0.1) is 0 Å². The van der Waals surface area contributed by atoms with Gasteiger partial charge in [0.15, 0.2) is 0 Å². The molecule has 0 aromatic heterocycles. The minimum Gasteiger partial charge on any atom is -0.396 e. The van der Waals surface area contributed by atoms with E-state index in [1.54, 1.807) is 12.1 Å². The Hall–Kier alpha value is -1.35. The molecule has 0 aliphatic rings. The fraction of sp³-hybridized carbons (Fsp3) is 0.364. The molecule has 1 amide bonds. The van der Waals surface area contributed by atoms with Crippen LogP contribution in [0.25, 0.3) is 0 Å². The van der Waals surface area contributed by atoms with Gasteiger partial charge in [0, 0.05) is 18.2 Å². The average Bonchev–Trinajstić information content (AvgIpc) is 2.19. The van der Waals surface area contributed by atoms with Crippen molar-refractivity contribution in [2.75, 3.05) is 6.61 Å². The van der Waals surface area contributed by atoms with E-state index in [0.717, 1.165) is 0 Å². The van der Waals surface area contributed by atoms with Crippen LogP contribution in [-0.2, 0) is 0 Å². The van der Waals surface area contributed by atoms with Gasteiger partial charge in [-0.1, -0.05) is 18.2 Å². The molecular weight excluding hydrogens is 178 g/mol. The fourth-order valence-corrected chi connectivity index (χ4v) is 1.16. The molecule has 14 heavy (non-hydrogen) atoms. The van der Waals surface area contributed by atoms with Crippen LogP contribution < -0.4 is 5.32 Å². The largest absolute Gasteiger partial charge is 0.396 e. The summed E-state index contributed by atoms with van der Waals surface area (Å²) in [5.41, 5.74) is 0.650. The Morgan fingerprint density at radius 2 is 2.07 bits per heavy atom. The van der Waals surface area contributed by atoms with Crippen molar-refractivity contribution >= 4 is 5.91 Å². The quantitative estimate of drug-likeness (QED) is 0.754. The molecule has 0 saturated heterocycles. The lowest BCUT2D eigenvalue weighted by Gasteiger charge is -2.11. The van der Waals surface area contributed by atoms with Crippen LogP contribution in [0.1, 0.15) is 23.7 Å². The lowest BCUT2D eigenvalue weighted by atomic mass is 10.2. The zero-order chi connectivity index (χ0) is 10.4. The van der Waals surface area contributed by atoms with Gasteiger partial charge in [0.2, 0.25) is 0 Å². The lowest BCUT2D eigenvalue weighted by Crippen LogP contribution is -2.33. The van der Waals surface area contributed by atoms with Gasteiger partial charge in [0.1, 0.15) is 0 Å². The maximum absolute atomic E-state index is 11.5. The molecule has 0 unspecified atom stereocenters. The molecule has 0 saturated carbocycles. The number of benzene rings is 1. The fourth-order valence-electron chi connectivity index (χ4n) is 1.16. The average molecular weight is 193 g/mol. The third kappa shape index (κ3) is 3.18. The minimum absolute atomic E-state index is 0.00714. The number of nitrogens with one attached hydrogen (secondary N) is 1. The molecule has 1 atom stereocenters. The summed E-state index contributed by atoms with van der Waals surface area (Å²) < 4.78 is 0. The van der Waals surface area contributed by atoms with E-state index in [9.17, 15) is 4.79 Å². The van der Waals surface area contributed by atoms with Gasteiger partial charge in [-0.25, -0.2) is 0 Å². The molecule has 0 aliphatic carbocycles. The van der Waals surface area contributed by atoms with Crippen molar-refractivity contribution in [1.29, 1.82) is 0 Å². The van der Waals surface area contributed by atoms with Crippen molar-refractivity contribution < 1.29 is 9.90 Å². The van der Waals surface area contributed by atoms with Crippen molar-refractivity contribution in [3.8, 4) is 0 Å². The monoisotopic (exact) mass is 193 g/mol. The molecule has 0 aliphatic heterocycles. The standard InChI is InChI=1S/C11H15NO2/c1-9(7-8-13)12-11(14)10-5-3-2-4-6-10/h2-6,9,13H,7-8H2,1H3,(H,12,14)/t9-/m1/s1. The van der Waals surface area contributed by atoms with Crippen molar-refractivity contribution in [1.82, 2.24) is 5.32 Å². The molecule has 76 valence electrons. The second-order valence-corrected chi connectivity index (χ2v) is 3.25. The number of carbonyl (C=O) groups is 1.